The van der Waals surface area contributed by atoms with Gasteiger partial charge >= 0.3 is 0 Å². The largest absolute Gasteiger partial charge is 0.336 e. The van der Waals surface area contributed by atoms with Crippen molar-refractivity contribution in [3.05, 3.63) is 59.8 Å². The van der Waals surface area contributed by atoms with E-state index in [1.165, 1.54) is 6.07 Å². The summed E-state index contributed by atoms with van der Waals surface area (Å²) < 4.78 is 15.6. The molecule has 0 radical (unpaired) electrons. The van der Waals surface area contributed by atoms with Gasteiger partial charge in [-0.3, -0.25) is 4.79 Å². The molecule has 0 fully saturated rings. The second kappa shape index (κ2) is 6.08. The summed E-state index contributed by atoms with van der Waals surface area (Å²) in [5.74, 6) is 0.528. The minimum atomic E-state index is -0.404. The molecule has 2 heterocycles. The van der Waals surface area contributed by atoms with Gasteiger partial charge in [0.2, 0.25) is 0 Å². The number of rotatable bonds is 3. The van der Waals surface area contributed by atoms with Crippen LogP contribution in [0.4, 0.5) is 15.9 Å². The van der Waals surface area contributed by atoms with Crippen LogP contribution >= 0.6 is 0 Å². The number of anilines is 2. The molecule has 1 atom stereocenters. The first-order valence-electron chi connectivity index (χ1n) is 8.07. The standard InChI is InChI=1S/C18H16FN5O/c1-11-9-14-16(15(25)10-11)17(22-13-6-3-2-5-12(13)19)23-24(14)18-20-7-4-8-21-18/h2-8,11H,9-10H2,1H3,(H,22,23). The molecule has 1 aliphatic rings. The van der Waals surface area contributed by atoms with Gasteiger partial charge in [0.15, 0.2) is 11.6 Å². The number of para-hydroxylation sites is 1. The van der Waals surface area contributed by atoms with Crippen LogP contribution in [-0.4, -0.2) is 25.5 Å². The van der Waals surface area contributed by atoms with Gasteiger partial charge in [-0.05, 0) is 30.5 Å². The van der Waals surface area contributed by atoms with E-state index in [0.717, 1.165) is 5.69 Å². The van der Waals surface area contributed by atoms with Crippen molar-refractivity contribution in [3.8, 4) is 5.95 Å². The maximum Gasteiger partial charge on any atom is 0.250 e. The van der Waals surface area contributed by atoms with Crippen LogP contribution in [0.2, 0.25) is 0 Å². The molecule has 1 unspecified atom stereocenters. The van der Waals surface area contributed by atoms with Crippen LogP contribution in [0.5, 0.6) is 0 Å². The lowest BCUT2D eigenvalue weighted by Crippen LogP contribution is -2.20. The van der Waals surface area contributed by atoms with E-state index < -0.39 is 5.82 Å². The number of hydrogen-bond donors (Lipinski definition) is 1. The lowest BCUT2D eigenvalue weighted by atomic mass is 9.88. The van der Waals surface area contributed by atoms with Crippen LogP contribution in [0.1, 0.15) is 29.4 Å². The number of fused-ring (bicyclic) bond motifs is 1. The molecular weight excluding hydrogens is 321 g/mol. The summed E-state index contributed by atoms with van der Waals surface area (Å²) in [6.07, 6.45) is 4.37. The summed E-state index contributed by atoms with van der Waals surface area (Å²) >= 11 is 0. The Morgan fingerprint density at radius 2 is 1.92 bits per heavy atom. The third-order valence-electron chi connectivity index (χ3n) is 4.20. The van der Waals surface area contributed by atoms with Crippen molar-refractivity contribution in [3.63, 3.8) is 0 Å². The molecule has 7 heteroatoms. The topological polar surface area (TPSA) is 72.7 Å². The van der Waals surface area contributed by atoms with Crippen molar-refractivity contribution in [1.82, 2.24) is 19.7 Å². The Balaban J connectivity index is 1.85. The molecule has 0 aliphatic heterocycles. The fraction of sp³-hybridized carbons (Fsp3) is 0.222. The minimum Gasteiger partial charge on any atom is -0.336 e. The quantitative estimate of drug-likeness (QED) is 0.794. The Hall–Kier alpha value is -3.09. The first-order valence-corrected chi connectivity index (χ1v) is 8.07. The smallest absolute Gasteiger partial charge is 0.250 e. The predicted octanol–water partition coefficient (Wildman–Crippen LogP) is 3.31. The molecule has 0 saturated carbocycles. The van der Waals surface area contributed by atoms with Crippen LogP contribution < -0.4 is 5.32 Å². The number of carbonyl (C=O) groups is 1. The van der Waals surface area contributed by atoms with Gasteiger partial charge in [0, 0.05) is 18.8 Å². The zero-order chi connectivity index (χ0) is 17.4. The number of benzene rings is 1. The van der Waals surface area contributed by atoms with Gasteiger partial charge in [-0.1, -0.05) is 19.1 Å². The van der Waals surface area contributed by atoms with Crippen LogP contribution in [0.15, 0.2) is 42.7 Å². The molecule has 1 aromatic carbocycles. The zero-order valence-electron chi connectivity index (χ0n) is 13.6. The van der Waals surface area contributed by atoms with Crippen molar-refractivity contribution in [2.75, 3.05) is 5.32 Å². The predicted molar refractivity (Wildman–Crippen MR) is 90.7 cm³/mol. The minimum absolute atomic E-state index is 0.00484. The lowest BCUT2D eigenvalue weighted by molar-refractivity contribution is 0.0953. The number of ketones is 1. The average molecular weight is 337 g/mol. The van der Waals surface area contributed by atoms with E-state index >= 15 is 0 Å². The number of nitrogens with one attached hydrogen (secondary N) is 1. The number of carbonyl (C=O) groups excluding carboxylic acids is 1. The van der Waals surface area contributed by atoms with Gasteiger partial charge in [0.05, 0.1) is 16.9 Å². The number of Topliss-reactive ketones (excluding diaryl/α,β-unsaturated/α-hetero) is 1. The first kappa shape index (κ1) is 15.4. The molecule has 0 amide bonds. The number of aromatic nitrogens is 4. The Morgan fingerprint density at radius 1 is 1.16 bits per heavy atom. The highest BCUT2D eigenvalue weighted by molar-refractivity contribution is 6.03. The third kappa shape index (κ3) is 2.77. The van der Waals surface area contributed by atoms with Crippen molar-refractivity contribution < 1.29 is 9.18 Å². The summed E-state index contributed by atoms with van der Waals surface area (Å²) in [7, 11) is 0. The summed E-state index contributed by atoms with van der Waals surface area (Å²) in [6, 6.07) is 8.01. The van der Waals surface area contributed by atoms with Gasteiger partial charge < -0.3 is 5.32 Å². The summed E-state index contributed by atoms with van der Waals surface area (Å²) in [5, 5.41) is 7.43. The van der Waals surface area contributed by atoms with Gasteiger partial charge in [-0.2, -0.15) is 0 Å². The molecular formula is C18H16FN5O. The summed E-state index contributed by atoms with van der Waals surface area (Å²) in [6.45, 7) is 2.02. The molecule has 1 aliphatic carbocycles. The van der Waals surface area contributed by atoms with Crippen molar-refractivity contribution >= 4 is 17.3 Å². The van der Waals surface area contributed by atoms with Crippen LogP contribution in [-0.2, 0) is 6.42 Å². The Labute approximate surface area is 143 Å². The van der Waals surface area contributed by atoms with Gasteiger partial charge in [0.25, 0.3) is 5.95 Å². The van der Waals surface area contributed by atoms with Gasteiger partial charge in [-0.25, -0.2) is 19.0 Å². The fourth-order valence-corrected chi connectivity index (χ4v) is 3.10. The molecule has 126 valence electrons. The van der Waals surface area contributed by atoms with E-state index in [9.17, 15) is 9.18 Å². The van der Waals surface area contributed by atoms with Crippen molar-refractivity contribution in [2.45, 2.75) is 19.8 Å². The maximum absolute atomic E-state index is 14.0. The van der Waals surface area contributed by atoms with E-state index in [-0.39, 0.29) is 17.4 Å². The van der Waals surface area contributed by atoms with Crippen molar-refractivity contribution in [2.24, 2.45) is 5.92 Å². The normalized spacial score (nSPS) is 16.6. The van der Waals surface area contributed by atoms with E-state index in [1.807, 2.05) is 6.92 Å². The molecule has 0 bridgehead atoms. The molecule has 6 nitrogen and oxygen atoms in total. The average Bonchev–Trinajstić information content (AvgIpc) is 2.96. The summed E-state index contributed by atoms with van der Waals surface area (Å²) in [5.41, 5.74) is 1.53. The van der Waals surface area contributed by atoms with E-state index in [0.29, 0.717) is 30.2 Å². The van der Waals surface area contributed by atoms with Crippen LogP contribution in [0.3, 0.4) is 0 Å². The van der Waals surface area contributed by atoms with E-state index in [2.05, 4.69) is 20.4 Å². The van der Waals surface area contributed by atoms with Crippen LogP contribution in [0.25, 0.3) is 5.95 Å². The monoisotopic (exact) mass is 337 g/mol. The molecule has 0 spiro atoms. The Kier molecular flexibility index (Phi) is 3.76. The van der Waals surface area contributed by atoms with Crippen molar-refractivity contribution in [1.29, 1.82) is 0 Å². The Morgan fingerprint density at radius 3 is 2.68 bits per heavy atom. The third-order valence-corrected chi connectivity index (χ3v) is 4.20. The SMILES string of the molecule is CC1CC(=O)c2c(Nc3ccccc3F)nn(-c3ncccn3)c2C1. The maximum atomic E-state index is 14.0. The highest BCUT2D eigenvalue weighted by Crippen LogP contribution is 2.33. The van der Waals surface area contributed by atoms with Gasteiger partial charge in [0.1, 0.15) is 5.82 Å². The second-order valence-electron chi connectivity index (χ2n) is 6.17. The molecule has 4 rings (SSSR count). The highest BCUT2D eigenvalue weighted by Gasteiger charge is 2.31. The fourth-order valence-electron chi connectivity index (χ4n) is 3.10. The number of hydrogen-bond acceptors (Lipinski definition) is 5. The first-order chi connectivity index (χ1) is 12.1. The second-order valence-corrected chi connectivity index (χ2v) is 6.17. The molecule has 25 heavy (non-hydrogen) atoms. The number of nitrogens with zero attached hydrogens (tertiary/aromatic N) is 4. The summed E-state index contributed by atoms with van der Waals surface area (Å²) in [4.78, 5) is 21.1. The molecule has 3 aromatic rings. The molecule has 1 N–H and O–H groups in total. The van der Waals surface area contributed by atoms with E-state index in [4.69, 9.17) is 0 Å². The lowest BCUT2D eigenvalue weighted by Gasteiger charge is -2.18. The Bertz CT molecular complexity index is 938. The molecule has 0 saturated heterocycles. The van der Waals surface area contributed by atoms with Crippen LogP contribution in [0, 0.1) is 11.7 Å². The number of halogens is 1. The molecule has 2 aromatic heterocycles. The highest BCUT2D eigenvalue weighted by atomic mass is 19.1. The van der Waals surface area contributed by atoms with E-state index in [1.54, 1.807) is 41.3 Å². The zero-order valence-corrected chi connectivity index (χ0v) is 13.6. The van der Waals surface area contributed by atoms with Gasteiger partial charge in [-0.15, -0.1) is 5.10 Å².